The average Bonchev–Trinajstić information content (AvgIpc) is 2.30. The monoisotopic (exact) mass is 168 g/mol. The molecule has 5 heteroatoms. The molecule has 0 aliphatic carbocycles. The first-order chi connectivity index (χ1) is 5.65. The quantitative estimate of drug-likeness (QED) is 0.673. The van der Waals surface area contributed by atoms with Gasteiger partial charge in [0.2, 0.25) is 0 Å². The molecule has 0 saturated heterocycles. The number of nitrogens with two attached hydrogens (primary N) is 1. The largest absolute Gasteiger partial charge is 0.351 e. The predicted molar refractivity (Wildman–Crippen MR) is 45.8 cm³/mol. The number of amides is 2. The number of urea groups is 1. The van der Waals surface area contributed by atoms with Gasteiger partial charge in [0, 0.05) is 7.05 Å². The molecule has 0 fully saturated rings. The van der Waals surface area contributed by atoms with Crippen LogP contribution in [0.1, 0.15) is 12.6 Å². The highest BCUT2D eigenvalue weighted by Crippen LogP contribution is 2.13. The van der Waals surface area contributed by atoms with Gasteiger partial charge in [0.1, 0.15) is 0 Å². The highest BCUT2D eigenvalue weighted by Gasteiger charge is 2.06. The smallest absolute Gasteiger partial charge is 0.316 e. The minimum absolute atomic E-state index is 0.558. The number of hydrogen-bond acceptors (Lipinski definition) is 2. The maximum atomic E-state index is 10.5. The number of nitrogens with one attached hydrogen (secondary N) is 1. The summed E-state index contributed by atoms with van der Waals surface area (Å²) in [7, 11) is 1.82. The lowest BCUT2D eigenvalue weighted by atomic mass is 10.3. The number of aryl methyl sites for hydroxylation is 1. The van der Waals surface area contributed by atoms with Gasteiger partial charge >= 0.3 is 6.03 Å². The van der Waals surface area contributed by atoms with Crippen LogP contribution in [0, 0.1) is 0 Å². The third-order valence-corrected chi connectivity index (χ3v) is 1.65. The van der Waals surface area contributed by atoms with Gasteiger partial charge in [-0.3, -0.25) is 4.68 Å². The Hall–Kier alpha value is -1.52. The molecule has 2 amide bonds. The summed E-state index contributed by atoms with van der Waals surface area (Å²) >= 11 is 0. The fourth-order valence-corrected chi connectivity index (χ4v) is 1.12. The maximum absolute atomic E-state index is 10.5. The molecule has 0 aliphatic rings. The Labute approximate surface area is 70.5 Å². The number of hydrogen-bond donors (Lipinski definition) is 2. The molecule has 0 bridgehead atoms. The SMILES string of the molecule is CCc1c(NC(N)=O)cnn1C. The van der Waals surface area contributed by atoms with Crippen LogP contribution in [0.2, 0.25) is 0 Å². The van der Waals surface area contributed by atoms with Crippen molar-refractivity contribution in [1.82, 2.24) is 9.78 Å². The fraction of sp³-hybridized carbons (Fsp3) is 0.429. The van der Waals surface area contributed by atoms with Crippen molar-refractivity contribution in [2.24, 2.45) is 12.8 Å². The number of carbonyl (C=O) groups excluding carboxylic acids is 1. The van der Waals surface area contributed by atoms with Crippen molar-refractivity contribution in [3.8, 4) is 0 Å². The molecule has 12 heavy (non-hydrogen) atoms. The molecule has 0 radical (unpaired) electrons. The summed E-state index contributed by atoms with van der Waals surface area (Å²) in [5.41, 5.74) is 6.62. The summed E-state index contributed by atoms with van der Waals surface area (Å²) in [5, 5.41) is 6.49. The fourth-order valence-electron chi connectivity index (χ4n) is 1.12. The number of rotatable bonds is 2. The van der Waals surface area contributed by atoms with Gasteiger partial charge in [0.05, 0.1) is 17.6 Å². The third kappa shape index (κ3) is 1.55. The summed E-state index contributed by atoms with van der Waals surface area (Å²) in [4.78, 5) is 10.5. The van der Waals surface area contributed by atoms with Gasteiger partial charge < -0.3 is 11.1 Å². The van der Waals surface area contributed by atoms with E-state index >= 15 is 0 Å². The van der Waals surface area contributed by atoms with E-state index in [2.05, 4.69) is 10.4 Å². The van der Waals surface area contributed by atoms with Crippen molar-refractivity contribution in [1.29, 1.82) is 0 Å². The summed E-state index contributed by atoms with van der Waals surface area (Å²) in [5.74, 6) is 0. The van der Waals surface area contributed by atoms with Crippen LogP contribution < -0.4 is 11.1 Å². The van der Waals surface area contributed by atoms with Gasteiger partial charge in [-0.15, -0.1) is 0 Å². The highest BCUT2D eigenvalue weighted by atomic mass is 16.2. The van der Waals surface area contributed by atoms with Gasteiger partial charge in [-0.05, 0) is 6.42 Å². The zero-order valence-electron chi connectivity index (χ0n) is 7.16. The average molecular weight is 168 g/mol. The zero-order valence-corrected chi connectivity index (χ0v) is 7.16. The molecule has 0 saturated carbocycles. The third-order valence-electron chi connectivity index (χ3n) is 1.65. The summed E-state index contributed by atoms with van der Waals surface area (Å²) in [6, 6.07) is -0.558. The number of anilines is 1. The lowest BCUT2D eigenvalue weighted by molar-refractivity contribution is 0.259. The molecule has 5 nitrogen and oxygen atoms in total. The Morgan fingerprint density at radius 3 is 3.00 bits per heavy atom. The standard InChI is InChI=1S/C7H12N4O/c1-3-6-5(10-7(8)12)4-9-11(6)2/h4H,3H2,1-2H3,(H3,8,10,12). The van der Waals surface area contributed by atoms with Crippen molar-refractivity contribution in [3.63, 3.8) is 0 Å². The summed E-state index contributed by atoms with van der Waals surface area (Å²) in [6.07, 6.45) is 2.40. The minimum atomic E-state index is -0.558. The molecule has 0 aromatic carbocycles. The number of carbonyl (C=O) groups is 1. The van der Waals surface area contributed by atoms with Crippen LogP contribution in [-0.2, 0) is 13.5 Å². The number of nitrogens with zero attached hydrogens (tertiary/aromatic N) is 2. The topological polar surface area (TPSA) is 72.9 Å². The van der Waals surface area contributed by atoms with Crippen LogP contribution in [0.3, 0.4) is 0 Å². The second-order valence-corrected chi connectivity index (χ2v) is 2.47. The van der Waals surface area contributed by atoms with Gasteiger partial charge in [0.25, 0.3) is 0 Å². The minimum Gasteiger partial charge on any atom is -0.351 e. The van der Waals surface area contributed by atoms with Gasteiger partial charge in [-0.25, -0.2) is 4.79 Å². The van der Waals surface area contributed by atoms with Crippen molar-refractivity contribution in [2.45, 2.75) is 13.3 Å². The lowest BCUT2D eigenvalue weighted by Gasteiger charge is -2.02. The Morgan fingerprint density at radius 2 is 2.50 bits per heavy atom. The molecule has 0 aliphatic heterocycles. The van der Waals surface area contributed by atoms with Crippen LogP contribution in [0.4, 0.5) is 10.5 Å². The van der Waals surface area contributed by atoms with Crippen LogP contribution in [0.25, 0.3) is 0 Å². The van der Waals surface area contributed by atoms with Crippen LogP contribution in [0.15, 0.2) is 6.20 Å². The molecule has 0 atom stereocenters. The second kappa shape index (κ2) is 3.25. The molecule has 66 valence electrons. The number of primary amides is 1. The Morgan fingerprint density at radius 1 is 1.83 bits per heavy atom. The van der Waals surface area contributed by atoms with E-state index in [4.69, 9.17) is 5.73 Å². The molecule has 1 heterocycles. The van der Waals surface area contributed by atoms with Crippen LogP contribution in [-0.4, -0.2) is 15.8 Å². The van der Waals surface area contributed by atoms with E-state index in [1.807, 2.05) is 14.0 Å². The Kier molecular flexibility index (Phi) is 2.32. The summed E-state index contributed by atoms with van der Waals surface area (Å²) in [6.45, 7) is 1.99. The van der Waals surface area contributed by atoms with E-state index in [1.165, 1.54) is 0 Å². The second-order valence-electron chi connectivity index (χ2n) is 2.47. The van der Waals surface area contributed by atoms with Crippen molar-refractivity contribution in [2.75, 3.05) is 5.32 Å². The van der Waals surface area contributed by atoms with E-state index < -0.39 is 6.03 Å². The molecular formula is C7H12N4O. The van der Waals surface area contributed by atoms with Gasteiger partial charge in [0.15, 0.2) is 0 Å². The maximum Gasteiger partial charge on any atom is 0.316 e. The Bertz CT molecular complexity index is 292. The van der Waals surface area contributed by atoms with E-state index in [-0.39, 0.29) is 0 Å². The van der Waals surface area contributed by atoms with Crippen molar-refractivity contribution >= 4 is 11.7 Å². The van der Waals surface area contributed by atoms with Crippen molar-refractivity contribution < 1.29 is 4.79 Å². The lowest BCUT2D eigenvalue weighted by Crippen LogP contribution is -2.19. The Balaban J connectivity index is 2.91. The normalized spacial score (nSPS) is 9.83. The molecule has 1 aromatic rings. The van der Waals surface area contributed by atoms with E-state index in [1.54, 1.807) is 10.9 Å². The van der Waals surface area contributed by atoms with Gasteiger partial charge in [-0.1, -0.05) is 6.92 Å². The first-order valence-electron chi connectivity index (χ1n) is 3.72. The zero-order chi connectivity index (χ0) is 9.14. The van der Waals surface area contributed by atoms with Crippen molar-refractivity contribution in [3.05, 3.63) is 11.9 Å². The molecule has 1 aromatic heterocycles. The van der Waals surface area contributed by atoms with E-state index in [0.29, 0.717) is 5.69 Å². The first-order valence-corrected chi connectivity index (χ1v) is 3.72. The predicted octanol–water partition coefficient (Wildman–Crippen LogP) is 0.473. The molecule has 0 unspecified atom stereocenters. The van der Waals surface area contributed by atoms with E-state index in [0.717, 1.165) is 12.1 Å². The van der Waals surface area contributed by atoms with Gasteiger partial charge in [-0.2, -0.15) is 5.10 Å². The van der Waals surface area contributed by atoms with E-state index in [9.17, 15) is 4.79 Å². The molecule has 3 N–H and O–H groups in total. The first kappa shape index (κ1) is 8.58. The molecule has 0 spiro atoms. The highest BCUT2D eigenvalue weighted by molar-refractivity contribution is 5.88. The van der Waals surface area contributed by atoms with Crippen LogP contribution >= 0.6 is 0 Å². The molecule has 1 rings (SSSR count). The number of aromatic nitrogens is 2. The van der Waals surface area contributed by atoms with Crippen LogP contribution in [0.5, 0.6) is 0 Å². The molecular weight excluding hydrogens is 156 g/mol. The summed E-state index contributed by atoms with van der Waals surface area (Å²) < 4.78 is 1.71.